The fourth-order valence-electron chi connectivity index (χ4n) is 2.87. The predicted molar refractivity (Wildman–Crippen MR) is 98.4 cm³/mol. The Bertz CT molecular complexity index is 850. The molecule has 146 valence electrons. The molecular weight excluding hydrogens is 364 g/mol. The zero-order chi connectivity index (χ0) is 20.1. The van der Waals surface area contributed by atoms with E-state index in [0.29, 0.717) is 0 Å². The molecule has 0 radical (unpaired) electrons. The molecule has 0 fully saturated rings. The van der Waals surface area contributed by atoms with Gasteiger partial charge in [0.2, 0.25) is 0 Å². The summed E-state index contributed by atoms with van der Waals surface area (Å²) >= 11 is 0. The van der Waals surface area contributed by atoms with Crippen LogP contribution in [0, 0.1) is 5.92 Å². The zero-order valence-electron chi connectivity index (χ0n) is 14.8. The molecule has 1 aliphatic carbocycles. The van der Waals surface area contributed by atoms with Crippen LogP contribution in [-0.4, -0.2) is 51.7 Å². The number of ether oxygens (including phenoxy) is 2. The first-order valence-electron chi connectivity index (χ1n) is 8.67. The maximum Gasteiger partial charge on any atom is 0.338 e. The van der Waals surface area contributed by atoms with Gasteiger partial charge in [0.25, 0.3) is 0 Å². The highest BCUT2D eigenvalue weighted by Crippen LogP contribution is 2.30. The van der Waals surface area contributed by atoms with Crippen LogP contribution in [-0.2, 0) is 9.53 Å². The van der Waals surface area contributed by atoms with Crippen molar-refractivity contribution in [3.05, 3.63) is 78.4 Å². The molecule has 2 aromatic carbocycles. The highest BCUT2D eigenvalue weighted by atomic mass is 16.6. The third-order valence-corrected chi connectivity index (χ3v) is 4.54. The summed E-state index contributed by atoms with van der Waals surface area (Å²) in [6, 6.07) is 16.3. The monoisotopic (exact) mass is 384 g/mol. The van der Waals surface area contributed by atoms with Gasteiger partial charge >= 0.3 is 11.9 Å². The van der Waals surface area contributed by atoms with E-state index >= 15 is 0 Å². The number of para-hydroxylation sites is 1. The second-order valence-electron chi connectivity index (χ2n) is 6.47. The molecule has 0 spiro atoms. The summed E-state index contributed by atoms with van der Waals surface area (Å²) in [5.74, 6) is -2.51. The first-order valence-corrected chi connectivity index (χ1v) is 8.67. The van der Waals surface area contributed by atoms with E-state index in [-0.39, 0.29) is 11.3 Å². The third-order valence-electron chi connectivity index (χ3n) is 4.54. The lowest BCUT2D eigenvalue weighted by molar-refractivity contribution is -0.180. The van der Waals surface area contributed by atoms with Crippen LogP contribution in [0.15, 0.2) is 72.8 Å². The lowest BCUT2D eigenvalue weighted by Crippen LogP contribution is -2.61. The zero-order valence-corrected chi connectivity index (χ0v) is 14.8. The van der Waals surface area contributed by atoms with E-state index in [2.05, 4.69) is 0 Å². The Morgan fingerprint density at radius 1 is 0.929 bits per heavy atom. The van der Waals surface area contributed by atoms with Gasteiger partial charge in [-0.1, -0.05) is 48.6 Å². The van der Waals surface area contributed by atoms with Crippen LogP contribution in [0.3, 0.4) is 0 Å². The molecule has 0 heterocycles. The van der Waals surface area contributed by atoms with Gasteiger partial charge in [-0.15, -0.1) is 0 Å². The van der Waals surface area contributed by atoms with Crippen molar-refractivity contribution in [3.63, 3.8) is 0 Å². The van der Waals surface area contributed by atoms with Crippen molar-refractivity contribution in [3.8, 4) is 5.75 Å². The molecular formula is C21H20O7. The first-order chi connectivity index (χ1) is 13.4. The van der Waals surface area contributed by atoms with Crippen LogP contribution in [0.4, 0.5) is 0 Å². The SMILES string of the molecule is O=C(OCC1(O)C(O)C=CC(C(=O)Oc2ccccc2)C1O)c1ccccc1. The van der Waals surface area contributed by atoms with Crippen molar-refractivity contribution in [2.24, 2.45) is 5.92 Å². The predicted octanol–water partition coefficient (Wildman–Crippen LogP) is 1.09. The van der Waals surface area contributed by atoms with Gasteiger partial charge < -0.3 is 24.8 Å². The Hall–Kier alpha value is -3.00. The van der Waals surface area contributed by atoms with Crippen LogP contribution in [0.25, 0.3) is 0 Å². The summed E-state index contributed by atoms with van der Waals surface area (Å²) in [6.45, 7) is -0.706. The number of carbonyl (C=O) groups excluding carboxylic acids is 2. The van der Waals surface area contributed by atoms with Crippen LogP contribution in [0.5, 0.6) is 5.75 Å². The Kier molecular flexibility index (Phi) is 5.89. The highest BCUT2D eigenvalue weighted by molar-refractivity contribution is 5.89. The maximum atomic E-state index is 12.4. The van der Waals surface area contributed by atoms with E-state index in [9.17, 15) is 24.9 Å². The molecule has 28 heavy (non-hydrogen) atoms. The van der Waals surface area contributed by atoms with Crippen molar-refractivity contribution in [2.45, 2.75) is 17.8 Å². The standard InChI is InChI=1S/C21H20O7/c22-17-12-11-16(20(25)28-15-9-5-2-6-10-15)18(23)21(17,26)13-27-19(24)14-7-3-1-4-8-14/h1-12,16-18,22-23,26H,13H2. The molecule has 0 bridgehead atoms. The van der Waals surface area contributed by atoms with Gasteiger partial charge in [0.05, 0.1) is 5.56 Å². The summed E-state index contributed by atoms with van der Waals surface area (Å²) in [7, 11) is 0. The van der Waals surface area contributed by atoms with Gasteiger partial charge in [0, 0.05) is 0 Å². The first kappa shape index (κ1) is 19.8. The fraction of sp³-hybridized carbons (Fsp3) is 0.238. The molecule has 0 amide bonds. The van der Waals surface area contributed by atoms with Gasteiger partial charge in [-0.25, -0.2) is 4.79 Å². The quantitative estimate of drug-likeness (QED) is 0.402. The van der Waals surface area contributed by atoms with E-state index in [4.69, 9.17) is 9.47 Å². The average Bonchev–Trinajstić information content (AvgIpc) is 2.72. The smallest absolute Gasteiger partial charge is 0.338 e. The fourth-order valence-corrected chi connectivity index (χ4v) is 2.87. The number of carbonyl (C=O) groups is 2. The van der Waals surface area contributed by atoms with Gasteiger partial charge in [0.15, 0.2) is 5.60 Å². The molecule has 2 aromatic rings. The van der Waals surface area contributed by atoms with Crippen LogP contribution >= 0.6 is 0 Å². The van der Waals surface area contributed by atoms with E-state index in [1.165, 1.54) is 24.3 Å². The molecule has 0 aromatic heterocycles. The molecule has 7 nitrogen and oxygen atoms in total. The van der Waals surface area contributed by atoms with Crippen LogP contribution < -0.4 is 4.74 Å². The Morgan fingerprint density at radius 2 is 1.54 bits per heavy atom. The summed E-state index contributed by atoms with van der Waals surface area (Å²) in [6.07, 6.45) is -0.854. The number of benzene rings is 2. The molecule has 0 saturated carbocycles. The van der Waals surface area contributed by atoms with E-state index in [1.54, 1.807) is 48.5 Å². The van der Waals surface area contributed by atoms with E-state index < -0.39 is 42.3 Å². The Morgan fingerprint density at radius 3 is 2.18 bits per heavy atom. The summed E-state index contributed by atoms with van der Waals surface area (Å²) in [5.41, 5.74) is -2.01. The molecule has 4 unspecified atom stereocenters. The van der Waals surface area contributed by atoms with Crippen molar-refractivity contribution in [2.75, 3.05) is 6.61 Å². The summed E-state index contributed by atoms with van der Waals surface area (Å²) in [5, 5.41) is 31.4. The second kappa shape index (κ2) is 8.35. The number of hydrogen-bond acceptors (Lipinski definition) is 7. The minimum atomic E-state index is -2.26. The number of rotatable bonds is 5. The van der Waals surface area contributed by atoms with Gasteiger partial charge in [-0.2, -0.15) is 0 Å². The lowest BCUT2D eigenvalue weighted by atomic mass is 9.78. The normalized spacial score (nSPS) is 26.5. The van der Waals surface area contributed by atoms with Crippen molar-refractivity contribution < 1.29 is 34.4 Å². The molecule has 7 heteroatoms. The average molecular weight is 384 g/mol. The number of aliphatic hydroxyl groups excluding tert-OH is 2. The third kappa shape index (κ3) is 4.12. The topological polar surface area (TPSA) is 113 Å². The molecule has 1 aliphatic rings. The van der Waals surface area contributed by atoms with Gasteiger partial charge in [0.1, 0.15) is 30.5 Å². The molecule has 4 atom stereocenters. The number of esters is 2. The van der Waals surface area contributed by atoms with Crippen molar-refractivity contribution in [1.82, 2.24) is 0 Å². The molecule has 3 rings (SSSR count). The highest BCUT2D eigenvalue weighted by Gasteiger charge is 2.51. The minimum Gasteiger partial charge on any atom is -0.459 e. The maximum absolute atomic E-state index is 12.4. The number of hydrogen-bond donors (Lipinski definition) is 3. The summed E-state index contributed by atoms with van der Waals surface area (Å²) < 4.78 is 10.3. The Labute approximate surface area is 161 Å². The molecule has 0 saturated heterocycles. The van der Waals surface area contributed by atoms with Crippen molar-refractivity contribution >= 4 is 11.9 Å². The van der Waals surface area contributed by atoms with Crippen LogP contribution in [0.1, 0.15) is 10.4 Å². The van der Waals surface area contributed by atoms with Crippen molar-refractivity contribution in [1.29, 1.82) is 0 Å². The van der Waals surface area contributed by atoms with Gasteiger partial charge in [-0.05, 0) is 24.3 Å². The molecule has 3 N–H and O–H groups in total. The summed E-state index contributed by atoms with van der Waals surface area (Å²) in [4.78, 5) is 24.5. The molecule has 0 aliphatic heterocycles. The Balaban J connectivity index is 1.71. The number of aliphatic hydroxyl groups is 3. The van der Waals surface area contributed by atoms with E-state index in [0.717, 1.165) is 0 Å². The van der Waals surface area contributed by atoms with E-state index in [1.807, 2.05) is 0 Å². The lowest BCUT2D eigenvalue weighted by Gasteiger charge is -2.40. The minimum absolute atomic E-state index is 0.251. The second-order valence-corrected chi connectivity index (χ2v) is 6.47. The van der Waals surface area contributed by atoms with Crippen LogP contribution in [0.2, 0.25) is 0 Å². The van der Waals surface area contributed by atoms with Gasteiger partial charge in [-0.3, -0.25) is 4.79 Å². The largest absolute Gasteiger partial charge is 0.459 e.